The van der Waals surface area contributed by atoms with Gasteiger partial charge < -0.3 is 4.74 Å². The van der Waals surface area contributed by atoms with E-state index in [-0.39, 0.29) is 5.78 Å². The van der Waals surface area contributed by atoms with Crippen molar-refractivity contribution in [3.05, 3.63) is 24.2 Å². The standard InChI is InChI=1S/C13H18O2/c1-10(11-5-2-3-6-11)15-13-8-4-7-12(14)9-13/h9,11H,1-8H2. The zero-order chi connectivity index (χ0) is 10.7. The lowest BCUT2D eigenvalue weighted by atomic mass is 10.0. The van der Waals surface area contributed by atoms with Gasteiger partial charge in [-0.2, -0.15) is 0 Å². The van der Waals surface area contributed by atoms with Crippen LogP contribution >= 0.6 is 0 Å². The highest BCUT2D eigenvalue weighted by Crippen LogP contribution is 2.32. The second-order valence-electron chi connectivity index (χ2n) is 4.48. The van der Waals surface area contributed by atoms with Crippen LogP contribution in [0.2, 0.25) is 0 Å². The Kier molecular flexibility index (Phi) is 3.24. The van der Waals surface area contributed by atoms with Crippen molar-refractivity contribution in [3.8, 4) is 0 Å². The Morgan fingerprint density at radius 3 is 2.67 bits per heavy atom. The molecule has 2 aliphatic carbocycles. The topological polar surface area (TPSA) is 26.3 Å². The predicted molar refractivity (Wildman–Crippen MR) is 59.1 cm³/mol. The Morgan fingerprint density at radius 2 is 2.00 bits per heavy atom. The van der Waals surface area contributed by atoms with Gasteiger partial charge in [0, 0.05) is 24.8 Å². The van der Waals surface area contributed by atoms with Gasteiger partial charge in [0.1, 0.15) is 5.76 Å². The van der Waals surface area contributed by atoms with Gasteiger partial charge in [0.05, 0.1) is 5.76 Å². The quantitative estimate of drug-likeness (QED) is 0.662. The van der Waals surface area contributed by atoms with Gasteiger partial charge in [-0.3, -0.25) is 4.79 Å². The molecule has 0 amide bonds. The zero-order valence-corrected chi connectivity index (χ0v) is 9.13. The summed E-state index contributed by atoms with van der Waals surface area (Å²) in [6.45, 7) is 3.98. The van der Waals surface area contributed by atoms with Gasteiger partial charge in [-0.05, 0) is 19.3 Å². The maximum absolute atomic E-state index is 11.2. The molecule has 0 unspecified atom stereocenters. The predicted octanol–water partition coefficient (Wildman–Crippen LogP) is 3.34. The monoisotopic (exact) mass is 206 g/mol. The summed E-state index contributed by atoms with van der Waals surface area (Å²) in [7, 11) is 0. The first-order valence-electron chi connectivity index (χ1n) is 5.86. The molecule has 0 heterocycles. The fraction of sp³-hybridized carbons (Fsp3) is 0.615. The lowest BCUT2D eigenvalue weighted by Crippen LogP contribution is -2.08. The lowest BCUT2D eigenvalue weighted by molar-refractivity contribution is -0.115. The van der Waals surface area contributed by atoms with Crippen molar-refractivity contribution in [3.63, 3.8) is 0 Å². The summed E-state index contributed by atoms with van der Waals surface area (Å²) in [5, 5.41) is 0. The largest absolute Gasteiger partial charge is 0.466 e. The van der Waals surface area contributed by atoms with E-state index in [0.717, 1.165) is 24.4 Å². The first-order chi connectivity index (χ1) is 7.25. The van der Waals surface area contributed by atoms with Gasteiger partial charge >= 0.3 is 0 Å². The third kappa shape index (κ3) is 2.71. The van der Waals surface area contributed by atoms with Crippen LogP contribution in [0.3, 0.4) is 0 Å². The van der Waals surface area contributed by atoms with Crippen LogP contribution in [0.1, 0.15) is 44.9 Å². The van der Waals surface area contributed by atoms with Crippen LogP contribution in [0.4, 0.5) is 0 Å². The minimum Gasteiger partial charge on any atom is -0.466 e. The number of allylic oxidation sites excluding steroid dienone is 3. The van der Waals surface area contributed by atoms with Crippen LogP contribution in [0.25, 0.3) is 0 Å². The molecular weight excluding hydrogens is 188 g/mol. The molecule has 0 bridgehead atoms. The number of ketones is 1. The van der Waals surface area contributed by atoms with Crippen molar-refractivity contribution in [1.29, 1.82) is 0 Å². The molecular formula is C13H18O2. The van der Waals surface area contributed by atoms with Crippen LogP contribution < -0.4 is 0 Å². The van der Waals surface area contributed by atoms with Gasteiger partial charge in [0.15, 0.2) is 5.78 Å². The molecule has 2 rings (SSSR count). The first kappa shape index (κ1) is 10.5. The van der Waals surface area contributed by atoms with E-state index in [2.05, 4.69) is 6.58 Å². The van der Waals surface area contributed by atoms with Gasteiger partial charge in [-0.1, -0.05) is 19.4 Å². The molecule has 2 heteroatoms. The number of carbonyl (C=O) groups excluding carboxylic acids is 1. The van der Waals surface area contributed by atoms with E-state index < -0.39 is 0 Å². The maximum Gasteiger partial charge on any atom is 0.159 e. The van der Waals surface area contributed by atoms with Crippen molar-refractivity contribution < 1.29 is 9.53 Å². The smallest absolute Gasteiger partial charge is 0.159 e. The van der Waals surface area contributed by atoms with Gasteiger partial charge in [-0.25, -0.2) is 0 Å². The van der Waals surface area contributed by atoms with Gasteiger partial charge in [0.25, 0.3) is 0 Å². The summed E-state index contributed by atoms with van der Waals surface area (Å²) in [5.74, 6) is 2.40. The van der Waals surface area contributed by atoms with E-state index in [9.17, 15) is 4.79 Å². The van der Waals surface area contributed by atoms with Crippen molar-refractivity contribution in [2.24, 2.45) is 5.92 Å². The molecule has 0 aliphatic heterocycles. The van der Waals surface area contributed by atoms with Crippen LogP contribution in [-0.2, 0) is 9.53 Å². The number of rotatable bonds is 3. The summed E-state index contributed by atoms with van der Waals surface area (Å²) in [5.41, 5.74) is 0. The molecule has 0 aromatic heterocycles. The highest BCUT2D eigenvalue weighted by atomic mass is 16.5. The molecule has 0 saturated heterocycles. The van der Waals surface area contributed by atoms with Crippen LogP contribution in [0.15, 0.2) is 24.2 Å². The Balaban J connectivity index is 1.90. The molecule has 15 heavy (non-hydrogen) atoms. The van der Waals surface area contributed by atoms with E-state index in [1.807, 2.05) is 0 Å². The Morgan fingerprint density at radius 1 is 1.27 bits per heavy atom. The van der Waals surface area contributed by atoms with E-state index in [4.69, 9.17) is 4.74 Å². The Hall–Kier alpha value is -1.05. The minimum absolute atomic E-state index is 0.190. The molecule has 1 fully saturated rings. The number of hydrogen-bond acceptors (Lipinski definition) is 2. The van der Waals surface area contributed by atoms with E-state index in [1.165, 1.54) is 25.7 Å². The van der Waals surface area contributed by atoms with Crippen molar-refractivity contribution in [2.75, 3.05) is 0 Å². The number of carbonyl (C=O) groups is 1. The van der Waals surface area contributed by atoms with Crippen molar-refractivity contribution in [2.45, 2.75) is 44.9 Å². The fourth-order valence-electron chi connectivity index (χ4n) is 2.34. The van der Waals surface area contributed by atoms with Gasteiger partial charge in [0.2, 0.25) is 0 Å². The highest BCUT2D eigenvalue weighted by molar-refractivity contribution is 5.90. The number of ether oxygens (including phenoxy) is 1. The third-order valence-electron chi connectivity index (χ3n) is 3.24. The SMILES string of the molecule is C=C(OC1=CC(=O)CCC1)C1CCCC1. The highest BCUT2D eigenvalue weighted by Gasteiger charge is 2.21. The average molecular weight is 206 g/mol. The van der Waals surface area contributed by atoms with Gasteiger partial charge in [-0.15, -0.1) is 0 Å². The summed E-state index contributed by atoms with van der Waals surface area (Å²) in [6.07, 6.45) is 9.07. The second-order valence-corrected chi connectivity index (χ2v) is 4.48. The average Bonchev–Trinajstić information content (AvgIpc) is 2.70. The molecule has 2 nitrogen and oxygen atoms in total. The molecule has 2 aliphatic rings. The van der Waals surface area contributed by atoms with E-state index in [0.29, 0.717) is 12.3 Å². The second kappa shape index (κ2) is 4.65. The van der Waals surface area contributed by atoms with Crippen molar-refractivity contribution in [1.82, 2.24) is 0 Å². The van der Waals surface area contributed by atoms with Crippen LogP contribution in [0, 0.1) is 5.92 Å². The summed E-state index contributed by atoms with van der Waals surface area (Å²) in [6, 6.07) is 0. The van der Waals surface area contributed by atoms with Crippen molar-refractivity contribution >= 4 is 5.78 Å². The Labute approximate surface area is 91.0 Å². The molecule has 0 aromatic carbocycles. The fourth-order valence-corrected chi connectivity index (χ4v) is 2.34. The maximum atomic E-state index is 11.2. The number of hydrogen-bond donors (Lipinski definition) is 0. The first-order valence-corrected chi connectivity index (χ1v) is 5.86. The van der Waals surface area contributed by atoms with E-state index >= 15 is 0 Å². The minimum atomic E-state index is 0.190. The Bertz CT molecular complexity index is 296. The summed E-state index contributed by atoms with van der Waals surface area (Å²) in [4.78, 5) is 11.2. The van der Waals surface area contributed by atoms with E-state index in [1.54, 1.807) is 6.08 Å². The molecule has 0 radical (unpaired) electrons. The van der Waals surface area contributed by atoms with Crippen LogP contribution in [-0.4, -0.2) is 5.78 Å². The van der Waals surface area contributed by atoms with Crippen LogP contribution in [0.5, 0.6) is 0 Å². The molecule has 1 saturated carbocycles. The summed E-state index contributed by atoms with van der Waals surface area (Å²) < 4.78 is 5.69. The molecule has 0 spiro atoms. The third-order valence-corrected chi connectivity index (χ3v) is 3.24. The molecule has 0 aromatic rings. The molecule has 0 atom stereocenters. The summed E-state index contributed by atoms with van der Waals surface area (Å²) >= 11 is 0. The molecule has 82 valence electrons. The zero-order valence-electron chi connectivity index (χ0n) is 9.13. The molecule has 0 N–H and O–H groups in total. The lowest BCUT2D eigenvalue weighted by Gasteiger charge is -2.18. The normalized spacial score (nSPS) is 22.7.